The lowest BCUT2D eigenvalue weighted by Gasteiger charge is -2.31. The van der Waals surface area contributed by atoms with Crippen molar-refractivity contribution < 1.29 is 37.7 Å². The molecule has 2 fully saturated rings. The van der Waals surface area contributed by atoms with Crippen LogP contribution < -0.4 is 0 Å². The van der Waals surface area contributed by atoms with Crippen LogP contribution in [0, 0.1) is 11.8 Å². The monoisotopic (exact) mass is 564 g/mol. The SMILES string of the molecule is CCCCC(F)(F)C(O)CC[C@H]1[C@H](OC2CCCCO2)CC(=O)[C@@H]1C/C=C\CCCC(=O)OCc1ccccc1. The molecule has 1 aromatic rings. The summed E-state index contributed by atoms with van der Waals surface area (Å²) in [6.45, 7) is 2.72. The fourth-order valence-corrected chi connectivity index (χ4v) is 5.53. The van der Waals surface area contributed by atoms with E-state index in [1.54, 1.807) is 0 Å². The molecule has 1 aliphatic carbocycles. The van der Waals surface area contributed by atoms with Crippen LogP contribution in [-0.4, -0.2) is 47.9 Å². The van der Waals surface area contributed by atoms with E-state index in [4.69, 9.17) is 14.2 Å². The number of unbranched alkanes of at least 4 members (excludes halogenated alkanes) is 2. The Hall–Kier alpha value is -2.16. The van der Waals surface area contributed by atoms with E-state index in [2.05, 4.69) is 0 Å². The van der Waals surface area contributed by atoms with Crippen LogP contribution in [0.2, 0.25) is 0 Å². The van der Waals surface area contributed by atoms with Gasteiger partial charge in [-0.1, -0.05) is 55.8 Å². The second-order valence-corrected chi connectivity index (χ2v) is 11.1. The number of Topliss-reactive ketones (excluding diaryl/α,β-unsaturated/α-hetero) is 1. The summed E-state index contributed by atoms with van der Waals surface area (Å²) in [6.07, 6.45) is 7.32. The molecule has 2 unspecified atom stereocenters. The molecule has 1 saturated carbocycles. The first kappa shape index (κ1) is 32.4. The van der Waals surface area contributed by atoms with Crippen molar-refractivity contribution in [2.24, 2.45) is 11.8 Å². The third kappa shape index (κ3) is 10.7. The molecule has 224 valence electrons. The molecule has 0 aromatic heterocycles. The second kappa shape index (κ2) is 16.9. The molecule has 2 aliphatic rings. The zero-order valence-electron chi connectivity index (χ0n) is 23.8. The van der Waals surface area contributed by atoms with Gasteiger partial charge >= 0.3 is 5.97 Å². The maximum absolute atomic E-state index is 14.4. The Labute approximate surface area is 237 Å². The summed E-state index contributed by atoms with van der Waals surface area (Å²) >= 11 is 0. The van der Waals surface area contributed by atoms with E-state index in [1.807, 2.05) is 49.4 Å². The highest BCUT2D eigenvalue weighted by atomic mass is 19.3. The van der Waals surface area contributed by atoms with Gasteiger partial charge in [0.05, 0.1) is 6.10 Å². The number of esters is 1. The Bertz CT molecular complexity index is 915. The van der Waals surface area contributed by atoms with Gasteiger partial charge in [0.1, 0.15) is 18.5 Å². The average molecular weight is 565 g/mol. The van der Waals surface area contributed by atoms with Crippen LogP contribution in [0.25, 0.3) is 0 Å². The molecule has 1 N–H and O–H groups in total. The molecule has 0 amide bonds. The number of allylic oxidation sites excluding steroid dienone is 2. The minimum absolute atomic E-state index is 0.0622. The first-order valence-corrected chi connectivity index (χ1v) is 15.0. The van der Waals surface area contributed by atoms with Crippen LogP contribution in [0.3, 0.4) is 0 Å². The minimum Gasteiger partial charge on any atom is -0.461 e. The van der Waals surface area contributed by atoms with Gasteiger partial charge in [0.25, 0.3) is 5.92 Å². The number of halogens is 2. The topological polar surface area (TPSA) is 82.1 Å². The lowest BCUT2D eigenvalue weighted by Crippen LogP contribution is -2.36. The average Bonchev–Trinajstić information content (AvgIpc) is 3.25. The summed E-state index contributed by atoms with van der Waals surface area (Å²) in [5.41, 5.74) is 0.945. The fourth-order valence-electron chi connectivity index (χ4n) is 5.53. The van der Waals surface area contributed by atoms with Crippen molar-refractivity contribution >= 4 is 11.8 Å². The first-order chi connectivity index (χ1) is 19.3. The molecular weight excluding hydrogens is 518 g/mol. The number of ether oxygens (including phenoxy) is 3. The Morgan fingerprint density at radius 3 is 2.73 bits per heavy atom. The molecule has 5 atom stereocenters. The van der Waals surface area contributed by atoms with Crippen LogP contribution in [0.4, 0.5) is 8.78 Å². The molecule has 1 aliphatic heterocycles. The van der Waals surface area contributed by atoms with E-state index in [-0.39, 0.29) is 62.2 Å². The quantitative estimate of drug-likeness (QED) is 0.126. The number of rotatable bonds is 17. The Balaban J connectivity index is 1.49. The highest BCUT2D eigenvalue weighted by molar-refractivity contribution is 5.84. The zero-order valence-corrected chi connectivity index (χ0v) is 23.8. The lowest BCUT2D eigenvalue weighted by atomic mass is 9.85. The van der Waals surface area contributed by atoms with Gasteiger partial charge in [-0.05, 0) is 69.3 Å². The summed E-state index contributed by atoms with van der Waals surface area (Å²) in [5, 5.41) is 10.3. The minimum atomic E-state index is -3.14. The van der Waals surface area contributed by atoms with Crippen LogP contribution in [0.5, 0.6) is 0 Å². The van der Waals surface area contributed by atoms with E-state index in [9.17, 15) is 23.5 Å². The van der Waals surface area contributed by atoms with Crippen molar-refractivity contribution in [3.63, 3.8) is 0 Å². The second-order valence-electron chi connectivity index (χ2n) is 11.1. The van der Waals surface area contributed by atoms with E-state index in [1.165, 1.54) is 0 Å². The largest absolute Gasteiger partial charge is 0.461 e. The van der Waals surface area contributed by atoms with Crippen LogP contribution in [0.15, 0.2) is 42.5 Å². The van der Waals surface area contributed by atoms with Crippen LogP contribution >= 0.6 is 0 Å². The Morgan fingerprint density at radius 1 is 1.20 bits per heavy atom. The lowest BCUT2D eigenvalue weighted by molar-refractivity contribution is -0.197. The molecule has 1 saturated heterocycles. The molecule has 6 nitrogen and oxygen atoms in total. The number of carbonyl (C=O) groups is 2. The standard InChI is InChI=1S/C32H46F2O6/c1-2-3-20-32(33,34)29(36)19-18-26-25(27(35)22-28(26)40-31-17-11-12-21-38-31)15-9-4-5-10-16-30(37)39-23-24-13-7-6-8-14-24/h4,6-9,13-14,25-26,28-29,31,36H,2-3,5,10-12,15-23H2,1H3/b9-4-/t25-,26-,28-,29?,31?/m1/s1. The van der Waals surface area contributed by atoms with Crippen LogP contribution in [0.1, 0.15) is 96.0 Å². The van der Waals surface area contributed by atoms with Gasteiger partial charge in [0.15, 0.2) is 6.29 Å². The summed E-state index contributed by atoms with van der Waals surface area (Å²) < 4.78 is 46.1. The molecule has 1 heterocycles. The third-order valence-electron chi connectivity index (χ3n) is 7.95. The van der Waals surface area contributed by atoms with Crippen LogP contribution in [-0.2, 0) is 30.4 Å². The van der Waals surface area contributed by atoms with Gasteiger partial charge in [-0.3, -0.25) is 9.59 Å². The fraction of sp³-hybridized carbons (Fsp3) is 0.688. The van der Waals surface area contributed by atoms with Crippen molar-refractivity contribution in [1.29, 1.82) is 0 Å². The van der Waals surface area contributed by atoms with Gasteiger partial charge in [0.2, 0.25) is 0 Å². The van der Waals surface area contributed by atoms with Crippen molar-refractivity contribution in [3.05, 3.63) is 48.0 Å². The number of alkyl halides is 2. The van der Waals surface area contributed by atoms with Crippen molar-refractivity contribution in [2.45, 2.75) is 121 Å². The number of benzene rings is 1. The number of hydrogen-bond donors (Lipinski definition) is 1. The molecule has 0 bridgehead atoms. The van der Waals surface area contributed by atoms with Crippen molar-refractivity contribution in [3.8, 4) is 0 Å². The van der Waals surface area contributed by atoms with E-state index in [0.717, 1.165) is 24.8 Å². The van der Waals surface area contributed by atoms with E-state index in [0.29, 0.717) is 45.1 Å². The maximum atomic E-state index is 14.4. The normalized spacial score (nSPS) is 24.4. The Morgan fingerprint density at radius 2 is 2.00 bits per heavy atom. The molecule has 0 radical (unpaired) electrons. The number of aliphatic hydroxyl groups is 1. The summed E-state index contributed by atoms with van der Waals surface area (Å²) in [7, 11) is 0. The van der Waals surface area contributed by atoms with E-state index >= 15 is 0 Å². The number of aliphatic hydroxyl groups excluding tert-OH is 1. The molecule has 40 heavy (non-hydrogen) atoms. The summed E-state index contributed by atoms with van der Waals surface area (Å²) in [6, 6.07) is 9.52. The predicted molar refractivity (Wildman–Crippen MR) is 149 cm³/mol. The summed E-state index contributed by atoms with van der Waals surface area (Å²) in [4.78, 5) is 25.0. The number of hydrogen-bond acceptors (Lipinski definition) is 6. The Kier molecular flexibility index (Phi) is 13.7. The molecule has 0 spiro atoms. The van der Waals surface area contributed by atoms with Gasteiger partial charge < -0.3 is 19.3 Å². The maximum Gasteiger partial charge on any atom is 0.306 e. The van der Waals surface area contributed by atoms with Crippen molar-refractivity contribution in [2.75, 3.05) is 6.61 Å². The molecule has 8 heteroatoms. The summed E-state index contributed by atoms with van der Waals surface area (Å²) in [5.74, 6) is -3.93. The van der Waals surface area contributed by atoms with Crippen molar-refractivity contribution in [1.82, 2.24) is 0 Å². The van der Waals surface area contributed by atoms with Gasteiger partial charge in [-0.25, -0.2) is 8.78 Å². The molecule has 3 rings (SSSR count). The smallest absolute Gasteiger partial charge is 0.306 e. The number of carbonyl (C=O) groups excluding carboxylic acids is 2. The first-order valence-electron chi connectivity index (χ1n) is 15.0. The zero-order chi connectivity index (χ0) is 28.8. The molecule has 1 aromatic carbocycles. The predicted octanol–water partition coefficient (Wildman–Crippen LogP) is 6.93. The van der Waals surface area contributed by atoms with Gasteiger partial charge in [0, 0.05) is 31.8 Å². The van der Waals surface area contributed by atoms with E-state index < -0.39 is 18.1 Å². The van der Waals surface area contributed by atoms with Gasteiger partial charge in [-0.2, -0.15) is 0 Å². The molecular formula is C32H46F2O6. The highest BCUT2D eigenvalue weighted by Gasteiger charge is 2.45. The number of ketones is 1. The third-order valence-corrected chi connectivity index (χ3v) is 7.95. The van der Waals surface area contributed by atoms with Gasteiger partial charge in [-0.15, -0.1) is 0 Å². The highest BCUT2D eigenvalue weighted by Crippen LogP contribution is 2.40.